The van der Waals surface area contributed by atoms with Crippen LogP contribution in [0.4, 0.5) is 0 Å². The molecule has 1 saturated heterocycles. The summed E-state index contributed by atoms with van der Waals surface area (Å²) < 4.78 is 5.23. The van der Waals surface area contributed by atoms with E-state index in [2.05, 4.69) is 0 Å². The first-order valence-corrected chi connectivity index (χ1v) is 4.59. The van der Waals surface area contributed by atoms with Gasteiger partial charge in [0.1, 0.15) is 0 Å². The molecular weight excluding hydrogens is 156 g/mol. The Hall–Kier alpha value is -0.570. The SMILES string of the molecule is O=C(O)[C@@H]1C[C@H]1C1CCOCC1. The van der Waals surface area contributed by atoms with Crippen LogP contribution in [0.5, 0.6) is 0 Å². The molecular formula is C9H14O3. The Balaban J connectivity index is 1.83. The molecule has 0 radical (unpaired) electrons. The van der Waals surface area contributed by atoms with Crippen molar-refractivity contribution in [1.82, 2.24) is 0 Å². The van der Waals surface area contributed by atoms with Crippen molar-refractivity contribution in [1.29, 1.82) is 0 Å². The van der Waals surface area contributed by atoms with Gasteiger partial charge in [-0.1, -0.05) is 0 Å². The number of ether oxygens (including phenoxy) is 1. The van der Waals surface area contributed by atoms with Gasteiger partial charge in [-0.2, -0.15) is 0 Å². The van der Waals surface area contributed by atoms with Gasteiger partial charge in [0.2, 0.25) is 0 Å². The fraction of sp³-hybridized carbons (Fsp3) is 0.889. The van der Waals surface area contributed by atoms with Gasteiger partial charge < -0.3 is 9.84 Å². The van der Waals surface area contributed by atoms with Crippen LogP contribution in [-0.4, -0.2) is 24.3 Å². The van der Waals surface area contributed by atoms with Crippen molar-refractivity contribution in [3.05, 3.63) is 0 Å². The maximum absolute atomic E-state index is 10.6. The lowest BCUT2D eigenvalue weighted by Crippen LogP contribution is -2.18. The fourth-order valence-corrected chi connectivity index (χ4v) is 2.16. The minimum absolute atomic E-state index is 0.0342. The van der Waals surface area contributed by atoms with E-state index in [1.807, 2.05) is 0 Å². The molecule has 3 nitrogen and oxygen atoms in total. The van der Waals surface area contributed by atoms with Crippen LogP contribution in [0.2, 0.25) is 0 Å². The fourth-order valence-electron chi connectivity index (χ4n) is 2.16. The van der Waals surface area contributed by atoms with Crippen molar-refractivity contribution in [3.63, 3.8) is 0 Å². The molecule has 0 aromatic rings. The molecule has 0 spiro atoms. The molecule has 0 aromatic carbocycles. The van der Waals surface area contributed by atoms with Crippen molar-refractivity contribution < 1.29 is 14.6 Å². The number of carbonyl (C=O) groups is 1. The van der Waals surface area contributed by atoms with Crippen molar-refractivity contribution in [3.8, 4) is 0 Å². The number of carboxylic acid groups (broad SMARTS) is 1. The Morgan fingerprint density at radius 2 is 2.00 bits per heavy atom. The zero-order chi connectivity index (χ0) is 8.55. The van der Waals surface area contributed by atoms with Gasteiger partial charge in [-0.05, 0) is 31.1 Å². The highest BCUT2D eigenvalue weighted by molar-refractivity contribution is 5.73. The maximum atomic E-state index is 10.6. The average Bonchev–Trinajstić information content (AvgIpc) is 2.84. The average molecular weight is 170 g/mol. The van der Waals surface area contributed by atoms with Crippen molar-refractivity contribution in [2.75, 3.05) is 13.2 Å². The summed E-state index contributed by atoms with van der Waals surface area (Å²) in [5.74, 6) is 0.450. The van der Waals surface area contributed by atoms with Crippen molar-refractivity contribution in [2.24, 2.45) is 17.8 Å². The van der Waals surface area contributed by atoms with Gasteiger partial charge in [0.25, 0.3) is 0 Å². The van der Waals surface area contributed by atoms with Crippen LogP contribution in [0.1, 0.15) is 19.3 Å². The molecule has 1 N–H and O–H groups in total. The topological polar surface area (TPSA) is 46.5 Å². The Labute approximate surface area is 71.7 Å². The van der Waals surface area contributed by atoms with E-state index in [4.69, 9.17) is 9.84 Å². The largest absolute Gasteiger partial charge is 0.481 e. The predicted molar refractivity (Wildman–Crippen MR) is 42.8 cm³/mol. The van der Waals surface area contributed by atoms with E-state index < -0.39 is 5.97 Å². The monoisotopic (exact) mass is 170 g/mol. The zero-order valence-electron chi connectivity index (χ0n) is 7.03. The van der Waals surface area contributed by atoms with Gasteiger partial charge in [-0.15, -0.1) is 0 Å². The van der Waals surface area contributed by atoms with E-state index in [-0.39, 0.29) is 5.92 Å². The molecule has 2 aliphatic rings. The van der Waals surface area contributed by atoms with Gasteiger partial charge in [-0.3, -0.25) is 4.79 Å². The lowest BCUT2D eigenvalue weighted by atomic mass is 9.94. The molecule has 2 fully saturated rings. The number of rotatable bonds is 2. The molecule has 1 aliphatic heterocycles. The predicted octanol–water partition coefficient (Wildman–Crippen LogP) is 1.13. The van der Waals surface area contributed by atoms with E-state index in [0.717, 1.165) is 32.5 Å². The first-order chi connectivity index (χ1) is 5.79. The second kappa shape index (κ2) is 3.05. The second-order valence-corrected chi connectivity index (χ2v) is 3.79. The van der Waals surface area contributed by atoms with Crippen LogP contribution in [-0.2, 0) is 9.53 Å². The number of aliphatic carboxylic acids is 1. The molecule has 0 bridgehead atoms. The highest BCUT2D eigenvalue weighted by Gasteiger charge is 2.47. The third kappa shape index (κ3) is 1.46. The van der Waals surface area contributed by atoms with E-state index in [9.17, 15) is 4.79 Å². The molecule has 1 saturated carbocycles. The van der Waals surface area contributed by atoms with Gasteiger partial charge >= 0.3 is 5.97 Å². The molecule has 68 valence electrons. The lowest BCUT2D eigenvalue weighted by Gasteiger charge is -2.21. The van der Waals surface area contributed by atoms with E-state index in [1.165, 1.54) is 0 Å². The van der Waals surface area contributed by atoms with Crippen molar-refractivity contribution in [2.45, 2.75) is 19.3 Å². The van der Waals surface area contributed by atoms with E-state index in [1.54, 1.807) is 0 Å². The van der Waals surface area contributed by atoms with Crippen LogP contribution in [0.3, 0.4) is 0 Å². The highest BCUT2D eigenvalue weighted by atomic mass is 16.5. The van der Waals surface area contributed by atoms with Crippen LogP contribution < -0.4 is 0 Å². The zero-order valence-corrected chi connectivity index (χ0v) is 7.03. The summed E-state index contributed by atoms with van der Waals surface area (Å²) in [5, 5.41) is 8.72. The van der Waals surface area contributed by atoms with E-state index in [0.29, 0.717) is 11.8 Å². The Morgan fingerprint density at radius 3 is 2.50 bits per heavy atom. The quantitative estimate of drug-likeness (QED) is 0.675. The minimum atomic E-state index is -0.605. The van der Waals surface area contributed by atoms with Crippen molar-refractivity contribution >= 4 is 5.97 Å². The summed E-state index contributed by atoms with van der Waals surface area (Å²) in [4.78, 5) is 10.6. The summed E-state index contributed by atoms with van der Waals surface area (Å²) in [6.45, 7) is 1.65. The van der Waals surface area contributed by atoms with Crippen LogP contribution >= 0.6 is 0 Å². The molecule has 2 rings (SSSR count). The van der Waals surface area contributed by atoms with Gasteiger partial charge in [0, 0.05) is 13.2 Å². The molecule has 2 atom stereocenters. The number of hydrogen-bond donors (Lipinski definition) is 1. The number of hydrogen-bond acceptors (Lipinski definition) is 2. The maximum Gasteiger partial charge on any atom is 0.306 e. The first kappa shape index (κ1) is 8.05. The van der Waals surface area contributed by atoms with Crippen LogP contribution in [0.15, 0.2) is 0 Å². The third-order valence-electron chi connectivity index (χ3n) is 3.03. The Kier molecular flexibility index (Phi) is 2.05. The highest BCUT2D eigenvalue weighted by Crippen LogP contribution is 2.47. The summed E-state index contributed by atoms with van der Waals surface area (Å²) in [6.07, 6.45) is 3.03. The molecule has 0 amide bonds. The normalized spacial score (nSPS) is 36.3. The summed E-state index contributed by atoms with van der Waals surface area (Å²) in [7, 11) is 0. The Morgan fingerprint density at radius 1 is 1.33 bits per heavy atom. The molecule has 12 heavy (non-hydrogen) atoms. The minimum Gasteiger partial charge on any atom is -0.481 e. The molecule has 0 aromatic heterocycles. The molecule has 0 unspecified atom stereocenters. The molecule has 3 heteroatoms. The molecule has 1 aliphatic carbocycles. The summed E-state index contributed by atoms with van der Waals surface area (Å²) in [6, 6.07) is 0. The summed E-state index contributed by atoms with van der Waals surface area (Å²) in [5.41, 5.74) is 0. The standard InChI is InChI=1S/C9H14O3/c10-9(11)8-5-7(8)6-1-3-12-4-2-6/h6-8H,1-5H2,(H,10,11)/t7-,8+/m0/s1. The first-order valence-electron chi connectivity index (χ1n) is 4.59. The van der Waals surface area contributed by atoms with Crippen LogP contribution in [0.25, 0.3) is 0 Å². The smallest absolute Gasteiger partial charge is 0.306 e. The van der Waals surface area contributed by atoms with Crippen LogP contribution in [0, 0.1) is 17.8 Å². The Bertz CT molecular complexity index is 184. The van der Waals surface area contributed by atoms with Gasteiger partial charge in [0.15, 0.2) is 0 Å². The van der Waals surface area contributed by atoms with Gasteiger partial charge in [-0.25, -0.2) is 0 Å². The summed E-state index contributed by atoms with van der Waals surface area (Å²) >= 11 is 0. The third-order valence-corrected chi connectivity index (χ3v) is 3.03. The van der Waals surface area contributed by atoms with E-state index >= 15 is 0 Å². The van der Waals surface area contributed by atoms with Gasteiger partial charge in [0.05, 0.1) is 5.92 Å². The lowest BCUT2D eigenvalue weighted by molar-refractivity contribution is -0.139. The second-order valence-electron chi connectivity index (χ2n) is 3.79. The number of carboxylic acids is 1. The molecule has 1 heterocycles.